The van der Waals surface area contributed by atoms with Gasteiger partial charge in [-0.2, -0.15) is 0 Å². The normalized spacial score (nSPS) is 29.3. The zero-order valence-corrected chi connectivity index (χ0v) is 13.3. The molecule has 1 unspecified atom stereocenters. The number of halogens is 1. The van der Waals surface area contributed by atoms with E-state index in [1.165, 1.54) is 19.3 Å². The van der Waals surface area contributed by atoms with E-state index in [9.17, 15) is 4.39 Å². The van der Waals surface area contributed by atoms with Gasteiger partial charge in [0.25, 0.3) is 0 Å². The van der Waals surface area contributed by atoms with E-state index in [2.05, 4.69) is 27.5 Å². The molecular formula is C17H26FN3O. The summed E-state index contributed by atoms with van der Waals surface area (Å²) in [5.41, 5.74) is 0.881. The van der Waals surface area contributed by atoms with E-state index in [-0.39, 0.29) is 6.04 Å². The number of aromatic nitrogens is 1. The van der Waals surface area contributed by atoms with Crippen LogP contribution < -0.4 is 5.32 Å². The number of alkyl halides is 1. The van der Waals surface area contributed by atoms with Crippen molar-refractivity contribution in [2.45, 2.75) is 51.4 Å². The van der Waals surface area contributed by atoms with Crippen molar-refractivity contribution in [3.63, 3.8) is 0 Å². The molecule has 1 aliphatic heterocycles. The van der Waals surface area contributed by atoms with Gasteiger partial charge in [-0.3, -0.25) is 4.90 Å². The molecule has 0 aromatic carbocycles. The third kappa shape index (κ3) is 4.17. The van der Waals surface area contributed by atoms with Crippen molar-refractivity contribution in [2.75, 3.05) is 19.6 Å². The molecule has 3 rings (SSSR count). The minimum atomic E-state index is -0.728. The van der Waals surface area contributed by atoms with Gasteiger partial charge in [0.15, 0.2) is 5.76 Å². The van der Waals surface area contributed by atoms with Crippen LogP contribution in [0.25, 0.3) is 0 Å². The van der Waals surface area contributed by atoms with Gasteiger partial charge in [0.05, 0.1) is 12.2 Å². The lowest BCUT2D eigenvalue weighted by molar-refractivity contribution is 0.202. The standard InChI is InChI=1S/C17H26FN3O/c1-13-7-17(22-20-13)12-21-11-15(18)8-16(21)10-19-9-14-5-3-2-4-6-14/h2-3,7,14-16,19H,4-6,8-12H2,1H3/t14?,15-,16-/m0/s1. The van der Waals surface area contributed by atoms with Crippen LogP contribution in [0.1, 0.15) is 37.1 Å². The van der Waals surface area contributed by atoms with Gasteiger partial charge >= 0.3 is 0 Å². The zero-order valence-electron chi connectivity index (χ0n) is 13.3. The first-order chi connectivity index (χ1) is 10.7. The molecule has 0 amide bonds. The minimum absolute atomic E-state index is 0.250. The Kier molecular flexibility index (Phi) is 5.26. The Morgan fingerprint density at radius 3 is 3.05 bits per heavy atom. The molecule has 2 heterocycles. The number of hydrogen-bond acceptors (Lipinski definition) is 4. The van der Waals surface area contributed by atoms with Crippen molar-refractivity contribution in [2.24, 2.45) is 5.92 Å². The second-order valence-corrected chi connectivity index (χ2v) is 6.66. The largest absolute Gasteiger partial charge is 0.360 e. The highest BCUT2D eigenvalue weighted by molar-refractivity contribution is 5.04. The average Bonchev–Trinajstić information content (AvgIpc) is 3.07. The smallest absolute Gasteiger partial charge is 0.150 e. The van der Waals surface area contributed by atoms with Gasteiger partial charge in [-0.25, -0.2) is 4.39 Å². The Morgan fingerprint density at radius 2 is 2.32 bits per heavy atom. The van der Waals surface area contributed by atoms with Crippen LogP contribution in [-0.4, -0.2) is 41.9 Å². The van der Waals surface area contributed by atoms with E-state index in [4.69, 9.17) is 4.52 Å². The van der Waals surface area contributed by atoms with Crippen LogP contribution in [0.2, 0.25) is 0 Å². The van der Waals surface area contributed by atoms with Gasteiger partial charge in [0.2, 0.25) is 0 Å². The molecule has 3 atom stereocenters. The molecule has 1 fully saturated rings. The van der Waals surface area contributed by atoms with Gasteiger partial charge < -0.3 is 9.84 Å². The third-order valence-corrected chi connectivity index (χ3v) is 4.70. The Hall–Kier alpha value is -1.20. The molecule has 122 valence electrons. The van der Waals surface area contributed by atoms with Crippen LogP contribution in [0.15, 0.2) is 22.7 Å². The topological polar surface area (TPSA) is 41.3 Å². The Bertz CT molecular complexity index is 502. The Balaban J connectivity index is 1.46. The van der Waals surface area contributed by atoms with E-state index < -0.39 is 6.17 Å². The summed E-state index contributed by atoms with van der Waals surface area (Å²) >= 11 is 0. The molecule has 0 saturated carbocycles. The van der Waals surface area contributed by atoms with Crippen molar-refractivity contribution in [1.82, 2.24) is 15.4 Å². The van der Waals surface area contributed by atoms with Crippen LogP contribution in [-0.2, 0) is 6.54 Å². The summed E-state index contributed by atoms with van der Waals surface area (Å²) in [7, 11) is 0. The SMILES string of the molecule is Cc1cc(CN2C[C@@H](F)C[C@H]2CNCC2CC=CCC2)on1. The number of hydrogen-bond donors (Lipinski definition) is 1. The molecule has 0 radical (unpaired) electrons. The lowest BCUT2D eigenvalue weighted by Crippen LogP contribution is -2.39. The van der Waals surface area contributed by atoms with Crippen molar-refractivity contribution >= 4 is 0 Å². The zero-order chi connectivity index (χ0) is 15.4. The van der Waals surface area contributed by atoms with Crippen molar-refractivity contribution in [3.8, 4) is 0 Å². The van der Waals surface area contributed by atoms with Gasteiger partial charge in [0, 0.05) is 25.2 Å². The van der Waals surface area contributed by atoms with E-state index in [1.54, 1.807) is 0 Å². The maximum absolute atomic E-state index is 13.8. The monoisotopic (exact) mass is 307 g/mol. The highest BCUT2D eigenvalue weighted by Gasteiger charge is 2.32. The molecule has 5 heteroatoms. The molecular weight excluding hydrogens is 281 g/mol. The maximum Gasteiger partial charge on any atom is 0.150 e. The number of rotatable bonds is 6. The molecule has 1 aliphatic carbocycles. The van der Waals surface area contributed by atoms with Gasteiger partial charge in [0.1, 0.15) is 6.17 Å². The number of nitrogens with one attached hydrogen (secondary N) is 1. The highest BCUT2D eigenvalue weighted by Crippen LogP contribution is 2.23. The quantitative estimate of drug-likeness (QED) is 0.821. The van der Waals surface area contributed by atoms with Gasteiger partial charge in [-0.05, 0) is 45.1 Å². The summed E-state index contributed by atoms with van der Waals surface area (Å²) < 4.78 is 19.1. The summed E-state index contributed by atoms with van der Waals surface area (Å²) in [6.07, 6.45) is 8.06. The summed E-state index contributed by atoms with van der Waals surface area (Å²) in [6.45, 7) is 4.95. The van der Waals surface area contributed by atoms with E-state index in [1.807, 2.05) is 13.0 Å². The first-order valence-electron chi connectivity index (χ1n) is 8.36. The first kappa shape index (κ1) is 15.7. The maximum atomic E-state index is 13.8. The van der Waals surface area contributed by atoms with E-state index in [0.29, 0.717) is 19.5 Å². The molecule has 1 N–H and O–H groups in total. The molecule has 1 saturated heterocycles. The summed E-state index contributed by atoms with van der Waals surface area (Å²) in [6, 6.07) is 2.18. The van der Waals surface area contributed by atoms with Gasteiger partial charge in [-0.15, -0.1) is 0 Å². The molecule has 1 aromatic heterocycles. The summed E-state index contributed by atoms with van der Waals surface area (Å²) in [5, 5.41) is 7.46. The molecule has 22 heavy (non-hydrogen) atoms. The molecule has 0 bridgehead atoms. The fraction of sp³-hybridized carbons (Fsp3) is 0.706. The van der Waals surface area contributed by atoms with Crippen molar-refractivity contribution in [1.29, 1.82) is 0 Å². The average molecular weight is 307 g/mol. The van der Waals surface area contributed by atoms with Crippen LogP contribution in [0, 0.1) is 12.8 Å². The third-order valence-electron chi connectivity index (χ3n) is 4.70. The fourth-order valence-electron chi connectivity index (χ4n) is 3.52. The highest BCUT2D eigenvalue weighted by atomic mass is 19.1. The predicted molar refractivity (Wildman–Crippen MR) is 84.3 cm³/mol. The number of aryl methyl sites for hydroxylation is 1. The first-order valence-corrected chi connectivity index (χ1v) is 8.36. The summed E-state index contributed by atoms with van der Waals surface area (Å²) in [5.74, 6) is 1.56. The van der Waals surface area contributed by atoms with Crippen molar-refractivity contribution < 1.29 is 8.91 Å². The minimum Gasteiger partial charge on any atom is -0.360 e. The molecule has 4 nitrogen and oxygen atoms in total. The molecule has 0 spiro atoms. The van der Waals surface area contributed by atoms with Crippen LogP contribution in [0.5, 0.6) is 0 Å². The lowest BCUT2D eigenvalue weighted by Gasteiger charge is -2.25. The second kappa shape index (κ2) is 7.38. The molecule has 2 aliphatic rings. The van der Waals surface area contributed by atoms with E-state index in [0.717, 1.165) is 30.5 Å². The van der Waals surface area contributed by atoms with Crippen LogP contribution in [0.3, 0.4) is 0 Å². The lowest BCUT2D eigenvalue weighted by atomic mass is 9.94. The summed E-state index contributed by atoms with van der Waals surface area (Å²) in [4.78, 5) is 2.18. The van der Waals surface area contributed by atoms with Crippen LogP contribution in [0.4, 0.5) is 4.39 Å². The molecule has 1 aromatic rings. The van der Waals surface area contributed by atoms with Gasteiger partial charge in [-0.1, -0.05) is 17.3 Å². The van der Waals surface area contributed by atoms with Crippen LogP contribution >= 0.6 is 0 Å². The number of nitrogens with zero attached hydrogens (tertiary/aromatic N) is 2. The fourth-order valence-corrected chi connectivity index (χ4v) is 3.52. The second-order valence-electron chi connectivity index (χ2n) is 6.66. The van der Waals surface area contributed by atoms with E-state index >= 15 is 0 Å². The predicted octanol–water partition coefficient (Wildman–Crippen LogP) is 2.84. The van der Waals surface area contributed by atoms with Crippen molar-refractivity contribution in [3.05, 3.63) is 29.7 Å². The Labute approximate surface area is 131 Å². The number of allylic oxidation sites excluding steroid dienone is 2. The number of likely N-dealkylation sites (tertiary alicyclic amines) is 1. The Morgan fingerprint density at radius 1 is 1.41 bits per heavy atom.